The summed E-state index contributed by atoms with van der Waals surface area (Å²) in [6, 6.07) is 4.06. The second-order valence-corrected chi connectivity index (χ2v) is 5.91. The summed E-state index contributed by atoms with van der Waals surface area (Å²) in [6.45, 7) is 3.29. The Morgan fingerprint density at radius 3 is 2.52 bits per heavy atom. The van der Waals surface area contributed by atoms with Gasteiger partial charge in [0, 0.05) is 7.05 Å². The maximum Gasteiger partial charge on any atom is 0.335 e. The van der Waals surface area contributed by atoms with Crippen LogP contribution in [0.2, 0.25) is 5.15 Å². The van der Waals surface area contributed by atoms with E-state index in [9.17, 15) is 18.4 Å². The number of aryl methyl sites for hydroxylation is 2. The first kappa shape index (κ1) is 18.9. The number of rotatable bonds is 5. The standard InChI is InChI=1S/C16H16ClF2N3O3/c1-7-6-9(4-5-10(7)16(24)25)8(2)20-15(23)11-12(14(18)19)21-22(3)13(11)17/h4-6,8,14H,1-3H3,(H,20,23)(H,24,25). The molecule has 1 amide bonds. The Labute approximate surface area is 147 Å². The van der Waals surface area contributed by atoms with Crippen molar-refractivity contribution < 1.29 is 23.5 Å². The molecular weight excluding hydrogens is 356 g/mol. The molecule has 2 aromatic rings. The van der Waals surface area contributed by atoms with Gasteiger partial charge in [0.1, 0.15) is 16.4 Å². The highest BCUT2D eigenvalue weighted by Gasteiger charge is 2.28. The van der Waals surface area contributed by atoms with E-state index in [1.807, 2.05) is 0 Å². The van der Waals surface area contributed by atoms with Crippen LogP contribution in [0.25, 0.3) is 0 Å². The first-order chi connectivity index (χ1) is 11.6. The lowest BCUT2D eigenvalue weighted by molar-refractivity contribution is 0.0695. The molecule has 0 saturated carbocycles. The number of alkyl halides is 2. The molecule has 2 rings (SSSR count). The van der Waals surface area contributed by atoms with Gasteiger partial charge in [-0.3, -0.25) is 9.48 Å². The van der Waals surface area contributed by atoms with Crippen molar-refractivity contribution in [1.29, 1.82) is 0 Å². The lowest BCUT2D eigenvalue weighted by atomic mass is 10.0. The number of aromatic nitrogens is 2. The average Bonchev–Trinajstić information content (AvgIpc) is 2.82. The largest absolute Gasteiger partial charge is 0.478 e. The summed E-state index contributed by atoms with van der Waals surface area (Å²) in [4.78, 5) is 23.4. The van der Waals surface area contributed by atoms with Crippen LogP contribution in [0.4, 0.5) is 8.78 Å². The Kier molecular flexibility index (Phi) is 5.42. The molecule has 0 aliphatic rings. The molecule has 1 unspecified atom stereocenters. The van der Waals surface area contributed by atoms with Crippen molar-refractivity contribution >= 4 is 23.5 Å². The normalized spacial score (nSPS) is 12.3. The Bertz CT molecular complexity index is 836. The second kappa shape index (κ2) is 7.18. The summed E-state index contributed by atoms with van der Waals surface area (Å²) in [5.41, 5.74) is 0.255. The van der Waals surface area contributed by atoms with Crippen LogP contribution in [0.5, 0.6) is 0 Å². The molecule has 0 bridgehead atoms. The number of aromatic carboxylic acids is 1. The Morgan fingerprint density at radius 2 is 2.00 bits per heavy atom. The van der Waals surface area contributed by atoms with Gasteiger partial charge in [0.25, 0.3) is 12.3 Å². The van der Waals surface area contributed by atoms with E-state index in [2.05, 4.69) is 10.4 Å². The van der Waals surface area contributed by atoms with Gasteiger partial charge in [-0.25, -0.2) is 13.6 Å². The van der Waals surface area contributed by atoms with Crippen LogP contribution in [0.3, 0.4) is 0 Å². The van der Waals surface area contributed by atoms with E-state index >= 15 is 0 Å². The zero-order chi connectivity index (χ0) is 18.9. The summed E-state index contributed by atoms with van der Waals surface area (Å²) >= 11 is 5.90. The van der Waals surface area contributed by atoms with Crippen molar-refractivity contribution in [3.05, 3.63) is 51.3 Å². The first-order valence-corrected chi connectivity index (χ1v) is 7.66. The Balaban J connectivity index is 2.27. The van der Waals surface area contributed by atoms with Gasteiger partial charge in [0.15, 0.2) is 0 Å². The molecule has 0 radical (unpaired) electrons. The van der Waals surface area contributed by atoms with E-state index in [4.69, 9.17) is 16.7 Å². The average molecular weight is 372 g/mol. The SMILES string of the molecule is Cc1cc(C(C)NC(=O)c2c(C(F)F)nn(C)c2Cl)ccc1C(=O)O. The van der Waals surface area contributed by atoms with E-state index < -0.39 is 30.0 Å². The van der Waals surface area contributed by atoms with Gasteiger partial charge in [0.05, 0.1) is 11.6 Å². The van der Waals surface area contributed by atoms with E-state index in [1.54, 1.807) is 26.0 Å². The lowest BCUT2D eigenvalue weighted by Crippen LogP contribution is -2.27. The van der Waals surface area contributed by atoms with Crippen molar-refractivity contribution in [2.45, 2.75) is 26.3 Å². The first-order valence-electron chi connectivity index (χ1n) is 7.28. The molecular formula is C16H16ClF2N3O3. The van der Waals surface area contributed by atoms with E-state index in [1.165, 1.54) is 13.1 Å². The monoisotopic (exact) mass is 371 g/mol. The summed E-state index contributed by atoms with van der Waals surface area (Å²) in [5.74, 6) is -1.83. The summed E-state index contributed by atoms with van der Waals surface area (Å²) in [7, 11) is 1.36. The van der Waals surface area contributed by atoms with Gasteiger partial charge >= 0.3 is 5.97 Å². The van der Waals surface area contributed by atoms with Gasteiger partial charge in [-0.05, 0) is 31.0 Å². The highest BCUT2D eigenvalue weighted by Crippen LogP contribution is 2.28. The molecule has 1 atom stereocenters. The van der Waals surface area contributed by atoms with Gasteiger partial charge in [0.2, 0.25) is 0 Å². The van der Waals surface area contributed by atoms with Crippen LogP contribution < -0.4 is 5.32 Å². The summed E-state index contributed by atoms with van der Waals surface area (Å²) in [6.07, 6.45) is -2.94. The van der Waals surface area contributed by atoms with Crippen molar-refractivity contribution in [1.82, 2.24) is 15.1 Å². The highest BCUT2D eigenvalue weighted by atomic mass is 35.5. The van der Waals surface area contributed by atoms with Gasteiger partial charge in [-0.15, -0.1) is 0 Å². The predicted molar refractivity (Wildman–Crippen MR) is 87.2 cm³/mol. The molecule has 0 aliphatic carbocycles. The summed E-state index contributed by atoms with van der Waals surface area (Å²) < 4.78 is 27.1. The molecule has 0 saturated heterocycles. The minimum atomic E-state index is -2.94. The number of carboxylic acids is 1. The zero-order valence-corrected chi connectivity index (χ0v) is 14.4. The van der Waals surface area contributed by atoms with Crippen LogP contribution in [-0.4, -0.2) is 26.8 Å². The van der Waals surface area contributed by atoms with Crippen molar-refractivity contribution in [3.8, 4) is 0 Å². The van der Waals surface area contributed by atoms with Gasteiger partial charge in [-0.2, -0.15) is 5.10 Å². The fraction of sp³-hybridized carbons (Fsp3) is 0.312. The number of carbonyl (C=O) groups is 2. The van der Waals surface area contributed by atoms with E-state index in [-0.39, 0.29) is 16.3 Å². The molecule has 9 heteroatoms. The number of carbonyl (C=O) groups excluding carboxylic acids is 1. The number of hydrogen-bond donors (Lipinski definition) is 2. The number of benzene rings is 1. The Hall–Kier alpha value is -2.48. The van der Waals surface area contributed by atoms with E-state index in [0.717, 1.165) is 4.68 Å². The minimum absolute atomic E-state index is 0.151. The number of amides is 1. The van der Waals surface area contributed by atoms with Crippen LogP contribution in [0.1, 0.15) is 56.9 Å². The quantitative estimate of drug-likeness (QED) is 0.842. The van der Waals surface area contributed by atoms with Crippen LogP contribution in [0.15, 0.2) is 18.2 Å². The lowest BCUT2D eigenvalue weighted by Gasteiger charge is -2.16. The second-order valence-electron chi connectivity index (χ2n) is 5.55. The molecule has 134 valence electrons. The molecule has 0 fully saturated rings. The van der Waals surface area contributed by atoms with Crippen LogP contribution in [0, 0.1) is 6.92 Å². The molecule has 2 N–H and O–H groups in total. The molecule has 1 heterocycles. The molecule has 6 nitrogen and oxygen atoms in total. The minimum Gasteiger partial charge on any atom is -0.478 e. The van der Waals surface area contributed by atoms with Gasteiger partial charge in [-0.1, -0.05) is 23.7 Å². The fourth-order valence-corrected chi connectivity index (χ4v) is 2.65. The number of hydrogen-bond acceptors (Lipinski definition) is 3. The molecule has 0 aliphatic heterocycles. The topological polar surface area (TPSA) is 84.2 Å². The smallest absolute Gasteiger partial charge is 0.335 e. The third-order valence-electron chi connectivity index (χ3n) is 3.77. The number of halogens is 3. The molecule has 1 aromatic heterocycles. The number of nitrogens with zero attached hydrogens (tertiary/aromatic N) is 2. The third kappa shape index (κ3) is 3.79. The predicted octanol–water partition coefficient (Wildman–Crippen LogP) is 3.51. The van der Waals surface area contributed by atoms with Crippen LogP contribution >= 0.6 is 11.6 Å². The van der Waals surface area contributed by atoms with Crippen molar-refractivity contribution in [3.63, 3.8) is 0 Å². The fourth-order valence-electron chi connectivity index (χ4n) is 2.43. The Morgan fingerprint density at radius 1 is 1.36 bits per heavy atom. The van der Waals surface area contributed by atoms with Crippen molar-refractivity contribution in [2.24, 2.45) is 7.05 Å². The van der Waals surface area contributed by atoms with Gasteiger partial charge < -0.3 is 10.4 Å². The van der Waals surface area contributed by atoms with Crippen molar-refractivity contribution in [2.75, 3.05) is 0 Å². The molecule has 1 aromatic carbocycles. The maximum absolute atomic E-state index is 13.0. The number of nitrogens with one attached hydrogen (secondary N) is 1. The number of carboxylic acid groups (broad SMARTS) is 1. The zero-order valence-electron chi connectivity index (χ0n) is 13.7. The van der Waals surface area contributed by atoms with Crippen LogP contribution in [-0.2, 0) is 7.05 Å². The highest BCUT2D eigenvalue weighted by molar-refractivity contribution is 6.33. The third-order valence-corrected chi connectivity index (χ3v) is 4.20. The summed E-state index contributed by atoms with van der Waals surface area (Å²) in [5, 5.41) is 15.0. The molecule has 0 spiro atoms. The maximum atomic E-state index is 13.0. The molecule has 25 heavy (non-hydrogen) atoms. The van der Waals surface area contributed by atoms with E-state index in [0.29, 0.717) is 11.1 Å².